The van der Waals surface area contributed by atoms with Gasteiger partial charge >= 0.3 is 0 Å². The normalized spacial score (nSPS) is 22.1. The minimum Gasteiger partial charge on any atom is -0.494 e. The summed E-state index contributed by atoms with van der Waals surface area (Å²) in [5, 5.41) is 4.01. The van der Waals surface area contributed by atoms with E-state index in [1.165, 1.54) is 0 Å². The lowest BCUT2D eigenvalue weighted by molar-refractivity contribution is 0.187. The minimum absolute atomic E-state index is 0.0219. The number of nitrogens with zero attached hydrogens (tertiary/aromatic N) is 2. The zero-order valence-corrected chi connectivity index (χ0v) is 11.3. The predicted molar refractivity (Wildman–Crippen MR) is 72.4 cm³/mol. The van der Waals surface area contributed by atoms with Gasteiger partial charge < -0.3 is 19.7 Å². The predicted octanol–water partition coefficient (Wildman–Crippen LogP) is 1.58. The van der Waals surface area contributed by atoms with Crippen LogP contribution in [0.25, 0.3) is 11.4 Å². The van der Waals surface area contributed by atoms with E-state index in [4.69, 9.17) is 19.7 Å². The lowest BCUT2D eigenvalue weighted by Crippen LogP contribution is -2.26. The molecule has 0 saturated carbocycles. The van der Waals surface area contributed by atoms with E-state index in [9.17, 15) is 0 Å². The second-order valence-electron chi connectivity index (χ2n) is 4.72. The Bertz CT molecular complexity index is 585. The molecule has 1 saturated heterocycles. The second-order valence-corrected chi connectivity index (χ2v) is 4.72. The van der Waals surface area contributed by atoms with Crippen LogP contribution in [0.3, 0.4) is 0 Å². The third-order valence-electron chi connectivity index (χ3n) is 3.29. The summed E-state index contributed by atoms with van der Waals surface area (Å²) in [4.78, 5) is 4.42. The van der Waals surface area contributed by atoms with Crippen LogP contribution in [0.15, 0.2) is 28.8 Å². The minimum atomic E-state index is -0.0851. The number of hydrogen-bond acceptors (Lipinski definition) is 6. The fourth-order valence-electron chi connectivity index (χ4n) is 2.22. The molecule has 1 aliphatic heterocycles. The van der Waals surface area contributed by atoms with Crippen molar-refractivity contribution in [2.75, 3.05) is 19.8 Å². The molecule has 0 radical (unpaired) electrons. The van der Waals surface area contributed by atoms with E-state index in [1.807, 2.05) is 31.2 Å². The first kappa shape index (κ1) is 13.1. The third kappa shape index (κ3) is 2.52. The van der Waals surface area contributed by atoms with Gasteiger partial charge in [-0.3, -0.25) is 0 Å². The van der Waals surface area contributed by atoms with Crippen molar-refractivity contribution in [3.05, 3.63) is 30.2 Å². The third-order valence-corrected chi connectivity index (χ3v) is 3.29. The molecule has 1 fully saturated rings. The quantitative estimate of drug-likeness (QED) is 0.912. The number of ether oxygens (including phenoxy) is 2. The van der Waals surface area contributed by atoms with Gasteiger partial charge in [-0.2, -0.15) is 4.98 Å². The van der Waals surface area contributed by atoms with Gasteiger partial charge in [0.2, 0.25) is 11.7 Å². The standard InChI is InChI=1S/C14H17N3O3/c1-2-19-10-5-3-4-9(6-10)13-16-14(20-17-13)11-7-18-8-12(11)15/h3-6,11-12H,2,7-8,15H2,1H3. The fourth-order valence-corrected chi connectivity index (χ4v) is 2.22. The van der Waals surface area contributed by atoms with Crippen molar-refractivity contribution in [2.24, 2.45) is 5.73 Å². The molecular formula is C14H17N3O3. The summed E-state index contributed by atoms with van der Waals surface area (Å²) in [7, 11) is 0. The molecule has 0 aliphatic carbocycles. The molecule has 2 N–H and O–H groups in total. The Morgan fingerprint density at radius 3 is 3.05 bits per heavy atom. The van der Waals surface area contributed by atoms with Gasteiger partial charge in [-0.15, -0.1) is 0 Å². The van der Waals surface area contributed by atoms with Gasteiger partial charge in [-0.1, -0.05) is 17.3 Å². The van der Waals surface area contributed by atoms with E-state index < -0.39 is 0 Å². The molecule has 2 atom stereocenters. The van der Waals surface area contributed by atoms with Crippen LogP contribution >= 0.6 is 0 Å². The summed E-state index contributed by atoms with van der Waals surface area (Å²) in [5.74, 6) is 1.84. The molecule has 1 aromatic carbocycles. The Morgan fingerprint density at radius 2 is 2.30 bits per heavy atom. The molecule has 6 nitrogen and oxygen atoms in total. The van der Waals surface area contributed by atoms with Crippen molar-refractivity contribution in [3.8, 4) is 17.1 Å². The smallest absolute Gasteiger partial charge is 0.234 e. The number of rotatable bonds is 4. The van der Waals surface area contributed by atoms with Crippen LogP contribution in [-0.2, 0) is 4.74 Å². The zero-order valence-electron chi connectivity index (χ0n) is 11.3. The van der Waals surface area contributed by atoms with E-state index in [0.29, 0.717) is 31.5 Å². The molecule has 0 bridgehead atoms. The van der Waals surface area contributed by atoms with Gasteiger partial charge in [-0.25, -0.2) is 0 Å². The first-order valence-electron chi connectivity index (χ1n) is 6.68. The van der Waals surface area contributed by atoms with Crippen molar-refractivity contribution in [1.82, 2.24) is 10.1 Å². The molecule has 3 rings (SSSR count). The summed E-state index contributed by atoms with van der Waals surface area (Å²) in [6, 6.07) is 7.53. The average Bonchev–Trinajstić information content (AvgIpc) is 3.08. The summed E-state index contributed by atoms with van der Waals surface area (Å²) in [6.07, 6.45) is 0. The van der Waals surface area contributed by atoms with Gasteiger partial charge in [0.15, 0.2) is 0 Å². The molecule has 0 amide bonds. The highest BCUT2D eigenvalue weighted by molar-refractivity contribution is 5.56. The molecule has 2 unspecified atom stereocenters. The zero-order chi connectivity index (χ0) is 13.9. The lowest BCUT2D eigenvalue weighted by atomic mass is 10.1. The molecule has 1 aliphatic rings. The van der Waals surface area contributed by atoms with Crippen LogP contribution in [0.2, 0.25) is 0 Å². The summed E-state index contributed by atoms with van der Waals surface area (Å²) in [6.45, 7) is 3.62. The number of aromatic nitrogens is 2. The molecule has 20 heavy (non-hydrogen) atoms. The van der Waals surface area contributed by atoms with E-state index in [-0.39, 0.29) is 12.0 Å². The van der Waals surface area contributed by atoms with Crippen LogP contribution < -0.4 is 10.5 Å². The molecule has 2 aromatic rings. The monoisotopic (exact) mass is 275 g/mol. The molecule has 2 heterocycles. The average molecular weight is 275 g/mol. The Kier molecular flexibility index (Phi) is 3.66. The van der Waals surface area contributed by atoms with Crippen LogP contribution in [0.5, 0.6) is 5.75 Å². The Labute approximate surface area is 116 Å². The maximum Gasteiger partial charge on any atom is 0.234 e. The van der Waals surface area contributed by atoms with Crippen LogP contribution in [0.1, 0.15) is 18.7 Å². The summed E-state index contributed by atoms with van der Waals surface area (Å²) < 4.78 is 16.1. The van der Waals surface area contributed by atoms with E-state index in [1.54, 1.807) is 0 Å². The fraction of sp³-hybridized carbons (Fsp3) is 0.429. The molecule has 1 aromatic heterocycles. The first-order chi connectivity index (χ1) is 9.78. The van der Waals surface area contributed by atoms with Crippen molar-refractivity contribution >= 4 is 0 Å². The Morgan fingerprint density at radius 1 is 1.40 bits per heavy atom. The summed E-state index contributed by atoms with van der Waals surface area (Å²) >= 11 is 0. The maximum absolute atomic E-state index is 5.95. The van der Waals surface area contributed by atoms with Gasteiger partial charge in [0.25, 0.3) is 0 Å². The number of benzene rings is 1. The first-order valence-corrected chi connectivity index (χ1v) is 6.68. The van der Waals surface area contributed by atoms with Crippen molar-refractivity contribution in [2.45, 2.75) is 18.9 Å². The van der Waals surface area contributed by atoms with Crippen molar-refractivity contribution < 1.29 is 14.0 Å². The Balaban J connectivity index is 1.84. The van der Waals surface area contributed by atoms with Gasteiger partial charge in [0, 0.05) is 11.6 Å². The molecule has 6 heteroatoms. The Hall–Kier alpha value is -1.92. The van der Waals surface area contributed by atoms with Gasteiger partial charge in [-0.05, 0) is 19.1 Å². The highest BCUT2D eigenvalue weighted by Crippen LogP contribution is 2.26. The molecular weight excluding hydrogens is 258 g/mol. The number of nitrogens with two attached hydrogens (primary N) is 1. The summed E-state index contributed by atoms with van der Waals surface area (Å²) in [5.41, 5.74) is 6.81. The molecule has 106 valence electrons. The highest BCUT2D eigenvalue weighted by Gasteiger charge is 2.31. The van der Waals surface area contributed by atoms with Crippen molar-refractivity contribution in [1.29, 1.82) is 0 Å². The largest absolute Gasteiger partial charge is 0.494 e. The van der Waals surface area contributed by atoms with Crippen molar-refractivity contribution in [3.63, 3.8) is 0 Å². The van der Waals surface area contributed by atoms with Gasteiger partial charge in [0.1, 0.15) is 5.75 Å². The topological polar surface area (TPSA) is 83.4 Å². The molecule has 0 spiro atoms. The van der Waals surface area contributed by atoms with Gasteiger partial charge in [0.05, 0.1) is 25.7 Å². The highest BCUT2D eigenvalue weighted by atomic mass is 16.5. The second kappa shape index (κ2) is 5.60. The maximum atomic E-state index is 5.95. The van der Waals surface area contributed by atoms with Crippen LogP contribution in [0.4, 0.5) is 0 Å². The van der Waals surface area contributed by atoms with Crippen LogP contribution in [0, 0.1) is 0 Å². The lowest BCUT2D eigenvalue weighted by Gasteiger charge is -2.06. The van der Waals surface area contributed by atoms with E-state index in [2.05, 4.69) is 10.1 Å². The SMILES string of the molecule is CCOc1cccc(-c2noc(C3COCC3N)n2)c1. The van der Waals surface area contributed by atoms with E-state index >= 15 is 0 Å². The number of hydrogen-bond donors (Lipinski definition) is 1. The van der Waals surface area contributed by atoms with E-state index in [0.717, 1.165) is 11.3 Å². The van der Waals surface area contributed by atoms with Crippen LogP contribution in [-0.4, -0.2) is 36.0 Å².